The van der Waals surface area contributed by atoms with E-state index in [2.05, 4.69) is 17.7 Å². The Morgan fingerprint density at radius 2 is 1.98 bits per heavy atom. The predicted molar refractivity (Wildman–Crippen MR) is 146 cm³/mol. The molecule has 0 aromatic carbocycles. The van der Waals surface area contributed by atoms with E-state index < -0.39 is 18.0 Å². The molecular formula is C28H39IN4O6S. The molecule has 3 aliphatic rings. The molecule has 12 heteroatoms. The Balaban J connectivity index is 0.00000441. The van der Waals surface area contributed by atoms with Crippen molar-refractivity contribution in [2.75, 3.05) is 19.8 Å². The minimum absolute atomic E-state index is 0. The zero-order valence-electron chi connectivity index (χ0n) is 23.3. The third-order valence-electron chi connectivity index (χ3n) is 7.64. The van der Waals surface area contributed by atoms with Gasteiger partial charge in [0.1, 0.15) is 31.3 Å². The maximum absolute atomic E-state index is 13.1. The number of hydrogen-bond donors (Lipinski definition) is 1. The molecule has 0 spiro atoms. The fourth-order valence-corrected chi connectivity index (χ4v) is 7.42. The van der Waals surface area contributed by atoms with Crippen LogP contribution in [0.4, 0.5) is 4.79 Å². The monoisotopic (exact) mass is 686 g/mol. The van der Waals surface area contributed by atoms with Crippen molar-refractivity contribution in [3.63, 3.8) is 0 Å². The summed E-state index contributed by atoms with van der Waals surface area (Å²) in [5.74, 6) is -1.54. The third-order valence-corrected chi connectivity index (χ3v) is 9.13. The van der Waals surface area contributed by atoms with Gasteiger partial charge in [-0.1, -0.05) is 32.2 Å². The predicted octanol–water partition coefficient (Wildman–Crippen LogP) is -0.606. The number of fused-ring (bicyclic) bond motifs is 1. The number of aromatic nitrogens is 2. The van der Waals surface area contributed by atoms with E-state index in [1.807, 2.05) is 37.3 Å². The third kappa shape index (κ3) is 6.59. The highest BCUT2D eigenvalue weighted by atomic mass is 127. The lowest BCUT2D eigenvalue weighted by atomic mass is 9.79. The van der Waals surface area contributed by atoms with Gasteiger partial charge in [-0.05, 0) is 26.2 Å². The Hall–Kier alpha value is -2.32. The summed E-state index contributed by atoms with van der Waals surface area (Å²) in [4.78, 5) is 43.0. The molecular weight excluding hydrogens is 647 g/mol. The van der Waals surface area contributed by atoms with Crippen LogP contribution in [0.25, 0.3) is 0 Å². The van der Waals surface area contributed by atoms with E-state index in [1.165, 1.54) is 22.7 Å². The molecule has 1 N–H and O–H groups in total. The van der Waals surface area contributed by atoms with Gasteiger partial charge in [0.25, 0.3) is 0 Å². The van der Waals surface area contributed by atoms with Gasteiger partial charge in [0.2, 0.25) is 12.2 Å². The van der Waals surface area contributed by atoms with Crippen LogP contribution in [0.15, 0.2) is 54.6 Å². The lowest BCUT2D eigenvalue weighted by molar-refractivity contribution is -0.671. The highest BCUT2D eigenvalue weighted by Crippen LogP contribution is 2.52. The average Bonchev–Trinajstić information content (AvgIpc) is 3.56. The number of ether oxygens (including phenoxy) is 2. The van der Waals surface area contributed by atoms with Crippen LogP contribution in [-0.4, -0.2) is 80.6 Å². The Morgan fingerprint density at radius 3 is 2.60 bits per heavy atom. The molecule has 0 aliphatic carbocycles. The quantitative estimate of drug-likeness (QED) is 0.103. The first-order valence-electron chi connectivity index (χ1n) is 13.4. The minimum atomic E-state index is -0.815. The molecule has 1 aromatic rings. The molecule has 4 heterocycles. The molecule has 0 bridgehead atoms. The molecule has 2 fully saturated rings. The standard InChI is InChI=1S/C28H39N4O6S.HI/c1-6-13-37-27(35)24-25(18(3)23-22(19(4)33)26(34)32(23)24)39-21-15-20(31(16-21)28(36)38-14-7-2)9-8-10-30-12-11-29(5)17-30;/h6-7,11-12,17-23,33H,1-2,8-10,13-16H2,3-5H3;1H/q+1;/p-1/t18-,19-,20-,21+,22-,23-;/m1./s1. The molecule has 0 unspecified atom stereocenters. The van der Waals surface area contributed by atoms with E-state index in [-0.39, 0.29) is 78.1 Å². The lowest BCUT2D eigenvalue weighted by Gasteiger charge is -2.46. The van der Waals surface area contributed by atoms with Gasteiger partial charge in [-0.3, -0.25) is 4.79 Å². The van der Waals surface area contributed by atoms with E-state index in [9.17, 15) is 19.5 Å². The molecule has 2 amide bonds. The number of rotatable bonds is 12. The zero-order chi connectivity index (χ0) is 28.3. The fourth-order valence-electron chi connectivity index (χ4n) is 5.86. The van der Waals surface area contributed by atoms with Crippen LogP contribution in [0.2, 0.25) is 0 Å². The lowest BCUT2D eigenvalue weighted by Crippen LogP contribution is -3.00. The molecule has 0 radical (unpaired) electrons. The molecule has 2 saturated heterocycles. The van der Waals surface area contributed by atoms with E-state index in [0.717, 1.165) is 30.7 Å². The van der Waals surface area contributed by atoms with Crippen LogP contribution in [-0.2, 0) is 32.7 Å². The number of halogens is 1. The fraction of sp³-hybridized carbons (Fsp3) is 0.571. The minimum Gasteiger partial charge on any atom is -1.00 e. The second kappa shape index (κ2) is 14.0. The van der Waals surface area contributed by atoms with Crippen molar-refractivity contribution >= 4 is 29.7 Å². The van der Waals surface area contributed by atoms with E-state index in [0.29, 0.717) is 6.54 Å². The van der Waals surface area contributed by atoms with Crippen LogP contribution in [0.1, 0.15) is 33.1 Å². The van der Waals surface area contributed by atoms with Gasteiger partial charge in [0, 0.05) is 28.7 Å². The molecule has 3 aliphatic heterocycles. The van der Waals surface area contributed by atoms with Gasteiger partial charge in [0.05, 0.1) is 31.7 Å². The number of carbonyl (C=O) groups is 3. The topological polar surface area (TPSA) is 105 Å². The van der Waals surface area contributed by atoms with Crippen molar-refractivity contribution in [1.82, 2.24) is 14.4 Å². The Morgan fingerprint density at radius 1 is 1.27 bits per heavy atom. The number of β-lactam (4-membered cyclic amide) rings is 1. The number of likely N-dealkylation sites (tertiary alicyclic amines) is 1. The summed E-state index contributed by atoms with van der Waals surface area (Å²) in [5.41, 5.74) is 0.256. The number of esters is 1. The van der Waals surface area contributed by atoms with Crippen molar-refractivity contribution in [3.05, 3.63) is 54.6 Å². The Bertz CT molecular complexity index is 1150. The molecule has 4 rings (SSSR count). The van der Waals surface area contributed by atoms with Crippen molar-refractivity contribution in [2.45, 2.75) is 63.1 Å². The number of hydrogen-bond acceptors (Lipinski definition) is 7. The smallest absolute Gasteiger partial charge is 0.410 e. The number of aliphatic hydroxyl groups excluding tert-OH is 1. The summed E-state index contributed by atoms with van der Waals surface area (Å²) in [6.45, 7) is 12.3. The summed E-state index contributed by atoms with van der Waals surface area (Å²) in [6.07, 6.45) is 10.3. The van der Waals surface area contributed by atoms with Gasteiger partial charge in [-0.2, -0.15) is 0 Å². The largest absolute Gasteiger partial charge is 1.00 e. The molecule has 10 nitrogen and oxygen atoms in total. The summed E-state index contributed by atoms with van der Waals surface area (Å²) in [6, 6.07) is -0.304. The average molecular weight is 687 g/mol. The van der Waals surface area contributed by atoms with E-state index >= 15 is 0 Å². The number of aryl methyl sites for hydroxylation is 2. The normalized spacial score (nSPS) is 26.1. The molecule has 220 valence electrons. The second-order valence-electron chi connectivity index (χ2n) is 10.5. The van der Waals surface area contributed by atoms with E-state index in [4.69, 9.17) is 9.47 Å². The molecule has 1 aromatic heterocycles. The van der Waals surface area contributed by atoms with Crippen LogP contribution in [0.3, 0.4) is 0 Å². The SMILES string of the molecule is C=CCOC(=O)C1=C(S[C@H]2C[C@@H](CCCn3cc[n+](C)c3)N(C(=O)OCC=C)C2)[C@H](C)[C@@H]2[C@@H]([C@@H](C)O)C(=O)N12.[I-]. The first-order valence-corrected chi connectivity index (χ1v) is 14.3. The first-order chi connectivity index (χ1) is 18.7. The number of thioether (sulfide) groups is 1. The summed E-state index contributed by atoms with van der Waals surface area (Å²) in [7, 11) is 1.98. The number of imidazole rings is 1. The van der Waals surface area contributed by atoms with Gasteiger partial charge in [0.15, 0.2) is 0 Å². The van der Waals surface area contributed by atoms with Crippen LogP contribution in [0, 0.1) is 11.8 Å². The van der Waals surface area contributed by atoms with Crippen molar-refractivity contribution < 1.29 is 57.5 Å². The summed E-state index contributed by atoms with van der Waals surface area (Å²) < 4.78 is 14.9. The van der Waals surface area contributed by atoms with Gasteiger partial charge in [-0.15, -0.1) is 11.8 Å². The highest BCUT2D eigenvalue weighted by molar-refractivity contribution is 8.03. The number of nitrogens with zero attached hydrogens (tertiary/aromatic N) is 4. The van der Waals surface area contributed by atoms with E-state index in [1.54, 1.807) is 17.9 Å². The van der Waals surface area contributed by atoms with Gasteiger partial charge in [-0.25, -0.2) is 18.7 Å². The number of amides is 2. The summed E-state index contributed by atoms with van der Waals surface area (Å²) in [5, 5.41) is 10.2. The first kappa shape index (κ1) is 32.2. The highest BCUT2D eigenvalue weighted by Gasteiger charge is 2.60. The van der Waals surface area contributed by atoms with Crippen molar-refractivity contribution in [1.29, 1.82) is 0 Å². The molecule has 40 heavy (non-hydrogen) atoms. The number of carbonyl (C=O) groups excluding carboxylic acids is 3. The molecule has 0 saturated carbocycles. The maximum Gasteiger partial charge on any atom is 0.410 e. The van der Waals surface area contributed by atoms with Gasteiger partial charge >= 0.3 is 12.1 Å². The Labute approximate surface area is 257 Å². The van der Waals surface area contributed by atoms with Crippen LogP contribution < -0.4 is 28.5 Å². The Kier molecular flexibility index (Phi) is 11.3. The summed E-state index contributed by atoms with van der Waals surface area (Å²) >= 11 is 1.54. The maximum atomic E-state index is 13.1. The second-order valence-corrected chi connectivity index (χ2v) is 11.8. The zero-order valence-corrected chi connectivity index (χ0v) is 26.3. The number of aliphatic hydroxyl groups is 1. The van der Waals surface area contributed by atoms with Crippen LogP contribution >= 0.6 is 11.8 Å². The van der Waals surface area contributed by atoms with Crippen LogP contribution in [0.5, 0.6) is 0 Å². The van der Waals surface area contributed by atoms with Crippen molar-refractivity contribution in [3.8, 4) is 0 Å². The van der Waals surface area contributed by atoms with Crippen molar-refractivity contribution in [2.24, 2.45) is 18.9 Å². The molecule has 6 atom stereocenters. The van der Waals surface area contributed by atoms with Gasteiger partial charge < -0.3 is 48.4 Å².